The molecule has 0 saturated carbocycles. The van der Waals surface area contributed by atoms with Crippen LogP contribution in [0, 0.1) is 0 Å². The first-order valence-electron chi connectivity index (χ1n) is 7.14. The molecule has 0 unspecified atom stereocenters. The molecule has 0 radical (unpaired) electrons. The summed E-state index contributed by atoms with van der Waals surface area (Å²) in [5.41, 5.74) is 0.969. The Balaban J connectivity index is 1.51. The molecule has 0 saturated heterocycles. The monoisotopic (exact) mass is 300 g/mol. The van der Waals surface area contributed by atoms with E-state index in [2.05, 4.69) is 32.8 Å². The number of anilines is 1. The zero-order valence-corrected chi connectivity index (χ0v) is 11.9. The Morgan fingerprint density at radius 1 is 1.45 bits per heavy atom. The Hall–Kier alpha value is -2.70. The molecule has 2 aromatic heterocycles. The van der Waals surface area contributed by atoms with Gasteiger partial charge in [0, 0.05) is 23.7 Å². The number of hydrogen-bond donors (Lipinski definition) is 2. The second-order valence-electron chi connectivity index (χ2n) is 5.24. The van der Waals surface area contributed by atoms with Crippen molar-refractivity contribution in [1.82, 2.24) is 15.4 Å². The first kappa shape index (κ1) is 14.2. The van der Waals surface area contributed by atoms with Gasteiger partial charge in [-0.1, -0.05) is 17.3 Å². The molecule has 2 heterocycles. The fraction of sp³-hybridized carbons (Fsp3) is 0.333. The van der Waals surface area contributed by atoms with E-state index in [0.29, 0.717) is 17.5 Å². The van der Waals surface area contributed by atoms with Crippen molar-refractivity contribution in [3.63, 3.8) is 0 Å². The maximum atomic E-state index is 11.8. The molecule has 0 fully saturated rings. The van der Waals surface area contributed by atoms with Crippen LogP contribution in [0.5, 0.6) is 0 Å². The molecule has 0 spiro atoms. The van der Waals surface area contributed by atoms with Gasteiger partial charge in [0.05, 0.1) is 19.0 Å². The van der Waals surface area contributed by atoms with Gasteiger partial charge in [-0.15, -0.1) is 0 Å². The number of aromatic amines is 1. The summed E-state index contributed by atoms with van der Waals surface area (Å²) in [6.07, 6.45) is 7.67. The number of hydrogen-bond acceptors (Lipinski definition) is 5. The highest BCUT2D eigenvalue weighted by molar-refractivity contribution is 6.04. The maximum absolute atomic E-state index is 11.8. The van der Waals surface area contributed by atoms with Crippen LogP contribution in [0.4, 0.5) is 5.82 Å². The number of nitrogens with one attached hydrogen (secondary N) is 2. The van der Waals surface area contributed by atoms with Crippen LogP contribution >= 0.6 is 0 Å². The van der Waals surface area contributed by atoms with Crippen LogP contribution in [0.3, 0.4) is 0 Å². The van der Waals surface area contributed by atoms with Crippen molar-refractivity contribution >= 4 is 17.5 Å². The molecule has 0 aromatic carbocycles. The predicted octanol–water partition coefficient (Wildman–Crippen LogP) is 1.97. The largest absolute Gasteiger partial charge is 0.361 e. The van der Waals surface area contributed by atoms with Gasteiger partial charge in [0.2, 0.25) is 5.91 Å². The van der Waals surface area contributed by atoms with Crippen LogP contribution in [-0.2, 0) is 16.0 Å². The lowest BCUT2D eigenvalue weighted by molar-refractivity contribution is -0.125. The average Bonchev–Trinajstić information content (AvgIpc) is 3.19. The fourth-order valence-electron chi connectivity index (χ4n) is 2.44. The second kappa shape index (κ2) is 6.38. The molecular weight excluding hydrogens is 284 g/mol. The minimum atomic E-state index is -0.385. The molecule has 22 heavy (non-hydrogen) atoms. The Morgan fingerprint density at radius 3 is 3.09 bits per heavy atom. The number of carbonyl (C=O) groups excluding carboxylic acids is 2. The van der Waals surface area contributed by atoms with Crippen LogP contribution in [0.25, 0.3) is 0 Å². The summed E-state index contributed by atoms with van der Waals surface area (Å²) >= 11 is 0. The Kier molecular flexibility index (Phi) is 4.13. The molecule has 1 aliphatic carbocycles. The molecule has 3 rings (SSSR count). The molecular formula is C15H16N4O3. The van der Waals surface area contributed by atoms with Crippen molar-refractivity contribution in [2.45, 2.75) is 31.6 Å². The van der Waals surface area contributed by atoms with Crippen molar-refractivity contribution < 1.29 is 14.1 Å². The third-order valence-corrected chi connectivity index (χ3v) is 3.50. The third kappa shape index (κ3) is 3.49. The highest BCUT2D eigenvalue weighted by atomic mass is 16.5. The van der Waals surface area contributed by atoms with Crippen molar-refractivity contribution in [1.29, 1.82) is 0 Å². The van der Waals surface area contributed by atoms with Crippen molar-refractivity contribution in [2.75, 3.05) is 5.32 Å². The smallest absolute Gasteiger partial charge is 0.233 e. The molecule has 2 aromatic rings. The van der Waals surface area contributed by atoms with Crippen molar-refractivity contribution in [2.24, 2.45) is 0 Å². The zero-order valence-electron chi connectivity index (χ0n) is 11.9. The number of rotatable bonds is 6. The highest BCUT2D eigenvalue weighted by Gasteiger charge is 2.17. The minimum absolute atomic E-state index is 0.0616. The van der Waals surface area contributed by atoms with Gasteiger partial charge in [0.25, 0.3) is 0 Å². The summed E-state index contributed by atoms with van der Waals surface area (Å²) in [5.74, 6) is 0.597. The van der Waals surface area contributed by atoms with E-state index in [4.69, 9.17) is 4.52 Å². The topological polar surface area (TPSA) is 101 Å². The van der Waals surface area contributed by atoms with E-state index >= 15 is 0 Å². The van der Waals surface area contributed by atoms with E-state index < -0.39 is 0 Å². The molecule has 7 nitrogen and oxygen atoms in total. The summed E-state index contributed by atoms with van der Waals surface area (Å²) in [6, 6.07) is 3.41. The highest BCUT2D eigenvalue weighted by Crippen LogP contribution is 2.27. The van der Waals surface area contributed by atoms with Gasteiger partial charge in [-0.05, 0) is 12.8 Å². The number of aromatic nitrogens is 3. The molecule has 0 aliphatic heterocycles. The number of carbonyl (C=O) groups is 2. The maximum Gasteiger partial charge on any atom is 0.233 e. The number of amides is 1. The lowest BCUT2D eigenvalue weighted by Gasteiger charge is -2.02. The van der Waals surface area contributed by atoms with Gasteiger partial charge < -0.3 is 9.84 Å². The van der Waals surface area contributed by atoms with Crippen molar-refractivity contribution in [3.05, 3.63) is 41.9 Å². The molecule has 114 valence electrons. The van der Waals surface area contributed by atoms with Gasteiger partial charge in [0.1, 0.15) is 11.5 Å². The molecule has 1 atom stereocenters. The SMILES string of the molecule is O=C(CC(=O)Nc1cc([C@@H]2C=CCC2)[nH]n1)Cc1ccno1. The van der Waals surface area contributed by atoms with Crippen molar-refractivity contribution in [3.8, 4) is 0 Å². The lowest BCUT2D eigenvalue weighted by Crippen LogP contribution is -2.17. The standard InChI is InChI=1S/C15H16N4O3/c20-11(7-12-5-6-16-22-12)8-15(21)17-14-9-13(18-19-14)10-3-1-2-4-10/h1,3,5-6,9-10H,2,4,7-8H2,(H2,17,18,19,21)/t10-/m1/s1. The zero-order chi connectivity index (χ0) is 15.4. The first-order valence-corrected chi connectivity index (χ1v) is 7.14. The molecule has 1 aliphatic rings. The Labute approximate surface area is 126 Å². The van der Waals surface area contributed by atoms with Gasteiger partial charge in [-0.25, -0.2) is 0 Å². The molecule has 2 N–H and O–H groups in total. The average molecular weight is 300 g/mol. The molecule has 0 bridgehead atoms. The van der Waals surface area contributed by atoms with E-state index in [9.17, 15) is 9.59 Å². The van der Waals surface area contributed by atoms with Crippen LogP contribution in [0.1, 0.15) is 36.6 Å². The molecule has 1 amide bonds. The number of nitrogens with zero attached hydrogens (tertiary/aromatic N) is 2. The lowest BCUT2D eigenvalue weighted by atomic mass is 10.1. The van der Waals surface area contributed by atoms with E-state index in [0.717, 1.165) is 18.5 Å². The van der Waals surface area contributed by atoms with Gasteiger partial charge in [-0.3, -0.25) is 14.7 Å². The number of ketones is 1. The summed E-state index contributed by atoms with van der Waals surface area (Å²) < 4.78 is 4.84. The summed E-state index contributed by atoms with van der Waals surface area (Å²) in [7, 11) is 0. The third-order valence-electron chi connectivity index (χ3n) is 3.50. The first-order chi connectivity index (χ1) is 10.7. The van der Waals surface area contributed by atoms with Crippen LogP contribution in [-0.4, -0.2) is 27.0 Å². The number of H-pyrrole nitrogens is 1. The minimum Gasteiger partial charge on any atom is -0.361 e. The summed E-state index contributed by atoms with van der Waals surface area (Å²) in [6.45, 7) is 0. The number of Topliss-reactive ketones (excluding diaryl/α,β-unsaturated/α-hetero) is 1. The fourth-order valence-corrected chi connectivity index (χ4v) is 2.44. The van der Waals surface area contributed by atoms with E-state index in [-0.39, 0.29) is 24.5 Å². The van der Waals surface area contributed by atoms with E-state index in [1.54, 1.807) is 12.1 Å². The number of allylic oxidation sites excluding steroid dienone is 2. The Morgan fingerprint density at radius 2 is 2.36 bits per heavy atom. The van der Waals surface area contributed by atoms with E-state index in [1.165, 1.54) is 6.20 Å². The molecule has 7 heteroatoms. The van der Waals surface area contributed by atoms with Crippen LogP contribution in [0.15, 0.2) is 35.0 Å². The normalized spacial score (nSPS) is 16.8. The van der Waals surface area contributed by atoms with E-state index in [1.807, 2.05) is 0 Å². The predicted molar refractivity (Wildman–Crippen MR) is 78.2 cm³/mol. The van der Waals surface area contributed by atoms with Gasteiger partial charge in [-0.2, -0.15) is 5.10 Å². The summed E-state index contributed by atoms with van der Waals surface area (Å²) in [4.78, 5) is 23.6. The summed E-state index contributed by atoms with van der Waals surface area (Å²) in [5, 5.41) is 13.1. The van der Waals surface area contributed by atoms with Gasteiger partial charge >= 0.3 is 0 Å². The van der Waals surface area contributed by atoms with Crippen LogP contribution < -0.4 is 5.32 Å². The Bertz CT molecular complexity index is 687. The second-order valence-corrected chi connectivity index (χ2v) is 5.24. The quantitative estimate of drug-likeness (QED) is 0.627. The van der Waals surface area contributed by atoms with Gasteiger partial charge in [0.15, 0.2) is 5.82 Å². The van der Waals surface area contributed by atoms with Crippen LogP contribution in [0.2, 0.25) is 0 Å².